The van der Waals surface area contributed by atoms with E-state index < -0.39 is 5.91 Å². The summed E-state index contributed by atoms with van der Waals surface area (Å²) in [6.45, 7) is 8.33. The van der Waals surface area contributed by atoms with E-state index in [9.17, 15) is 9.59 Å². The van der Waals surface area contributed by atoms with E-state index in [0.717, 1.165) is 12.1 Å². The number of nitrogens with two attached hydrogens (primary N) is 1. The highest BCUT2D eigenvalue weighted by Crippen LogP contribution is 2.18. The van der Waals surface area contributed by atoms with Crippen molar-refractivity contribution < 1.29 is 9.59 Å². The van der Waals surface area contributed by atoms with Gasteiger partial charge in [0.25, 0.3) is 5.91 Å². The number of rotatable bonds is 4. The van der Waals surface area contributed by atoms with E-state index in [4.69, 9.17) is 5.73 Å². The number of carbonyl (C=O) groups excluding carboxylic acids is 2. The van der Waals surface area contributed by atoms with Crippen LogP contribution in [0.1, 0.15) is 35.5 Å². The smallest absolute Gasteiger partial charge is 0.256 e. The van der Waals surface area contributed by atoms with Gasteiger partial charge in [-0.3, -0.25) is 9.59 Å². The van der Waals surface area contributed by atoms with Gasteiger partial charge in [-0.1, -0.05) is 13.8 Å². The summed E-state index contributed by atoms with van der Waals surface area (Å²) in [5.74, 6) is 0.0152. The number of amides is 2. The van der Waals surface area contributed by atoms with E-state index in [0.29, 0.717) is 36.3 Å². The highest BCUT2D eigenvalue weighted by atomic mass is 16.2. The number of carbonyl (C=O) groups is 2. The van der Waals surface area contributed by atoms with Crippen LogP contribution in [0.15, 0.2) is 6.20 Å². The minimum absolute atomic E-state index is 0.0165. The van der Waals surface area contributed by atoms with Crippen molar-refractivity contribution in [3.8, 4) is 0 Å². The topological polar surface area (TPSA) is 91.2 Å². The molecule has 21 heavy (non-hydrogen) atoms. The second kappa shape index (κ2) is 6.30. The van der Waals surface area contributed by atoms with Gasteiger partial charge in [0.15, 0.2) is 0 Å². The Balaban J connectivity index is 2.19. The first kappa shape index (κ1) is 15.6. The Kier molecular flexibility index (Phi) is 4.67. The van der Waals surface area contributed by atoms with Gasteiger partial charge in [-0.25, -0.2) is 0 Å². The Morgan fingerprint density at radius 3 is 2.81 bits per heavy atom. The molecule has 116 valence electrons. The number of nitrogens with zero attached hydrogens (tertiary/aromatic N) is 1. The monoisotopic (exact) mass is 292 g/mol. The lowest BCUT2D eigenvalue weighted by Crippen LogP contribution is -2.54. The van der Waals surface area contributed by atoms with Crippen LogP contribution in [-0.2, 0) is 11.2 Å². The first-order chi connectivity index (χ1) is 9.90. The van der Waals surface area contributed by atoms with E-state index in [1.807, 2.05) is 11.8 Å². The summed E-state index contributed by atoms with van der Waals surface area (Å²) in [5, 5.41) is 3.43. The fourth-order valence-electron chi connectivity index (χ4n) is 2.76. The Morgan fingerprint density at radius 1 is 1.48 bits per heavy atom. The van der Waals surface area contributed by atoms with E-state index in [1.54, 1.807) is 6.20 Å². The number of aromatic amines is 1. The van der Waals surface area contributed by atoms with Crippen molar-refractivity contribution in [3.05, 3.63) is 23.0 Å². The maximum atomic E-state index is 12.8. The standard InChI is InChI=1S/C15H24N4O2/c1-9(2)12-8-19(5-4-17-12)15(21)14-10(3)7-18-11(14)6-13(16)20/h7,9,12,17-18H,4-6,8H2,1-3H3,(H2,16,20). The van der Waals surface area contributed by atoms with E-state index in [1.165, 1.54) is 0 Å². The van der Waals surface area contributed by atoms with Crippen molar-refractivity contribution in [1.82, 2.24) is 15.2 Å². The second-order valence-electron chi connectivity index (χ2n) is 6.02. The van der Waals surface area contributed by atoms with Crippen LogP contribution in [0, 0.1) is 12.8 Å². The zero-order valence-corrected chi connectivity index (χ0v) is 12.9. The van der Waals surface area contributed by atoms with Crippen molar-refractivity contribution in [1.29, 1.82) is 0 Å². The van der Waals surface area contributed by atoms with Crippen molar-refractivity contribution in [2.24, 2.45) is 11.7 Å². The Morgan fingerprint density at radius 2 is 2.19 bits per heavy atom. The number of aromatic nitrogens is 1. The van der Waals surface area contributed by atoms with Crippen molar-refractivity contribution in [3.63, 3.8) is 0 Å². The summed E-state index contributed by atoms with van der Waals surface area (Å²) < 4.78 is 0. The molecule has 1 aliphatic rings. The van der Waals surface area contributed by atoms with Gasteiger partial charge in [0.2, 0.25) is 5.91 Å². The number of nitrogens with one attached hydrogen (secondary N) is 2. The number of hydrogen-bond acceptors (Lipinski definition) is 3. The Bertz CT molecular complexity index is 536. The van der Waals surface area contributed by atoms with Gasteiger partial charge in [0.05, 0.1) is 12.0 Å². The van der Waals surface area contributed by atoms with Gasteiger partial charge in [-0.15, -0.1) is 0 Å². The molecule has 2 heterocycles. The molecule has 6 heteroatoms. The molecule has 2 amide bonds. The van der Waals surface area contributed by atoms with Crippen molar-refractivity contribution in [2.45, 2.75) is 33.2 Å². The van der Waals surface area contributed by atoms with Crippen LogP contribution < -0.4 is 11.1 Å². The van der Waals surface area contributed by atoms with E-state index >= 15 is 0 Å². The zero-order valence-electron chi connectivity index (χ0n) is 12.9. The molecule has 0 aromatic carbocycles. The average Bonchev–Trinajstić information content (AvgIpc) is 2.78. The normalized spacial score (nSPS) is 19.0. The third-order valence-electron chi connectivity index (χ3n) is 4.02. The summed E-state index contributed by atoms with van der Waals surface area (Å²) in [4.78, 5) is 28.8. The Labute approximate surface area is 125 Å². The van der Waals surface area contributed by atoms with Crippen LogP contribution >= 0.6 is 0 Å². The summed E-state index contributed by atoms with van der Waals surface area (Å²) >= 11 is 0. The average molecular weight is 292 g/mol. The molecule has 0 spiro atoms. The fourth-order valence-corrected chi connectivity index (χ4v) is 2.76. The van der Waals surface area contributed by atoms with Gasteiger partial charge < -0.3 is 20.9 Å². The summed E-state index contributed by atoms with van der Waals surface area (Å²) in [6.07, 6.45) is 1.82. The SMILES string of the molecule is Cc1c[nH]c(CC(N)=O)c1C(=O)N1CCNC(C(C)C)C1. The molecule has 1 aromatic heterocycles. The van der Waals surface area contributed by atoms with Crippen LogP contribution in [0.4, 0.5) is 0 Å². The molecule has 1 unspecified atom stereocenters. The van der Waals surface area contributed by atoms with Gasteiger partial charge >= 0.3 is 0 Å². The molecule has 1 fully saturated rings. The minimum Gasteiger partial charge on any atom is -0.369 e. The molecular weight excluding hydrogens is 268 g/mol. The molecule has 4 N–H and O–H groups in total. The second-order valence-corrected chi connectivity index (χ2v) is 6.02. The molecule has 1 aromatic rings. The van der Waals surface area contributed by atoms with Gasteiger partial charge in [0, 0.05) is 37.6 Å². The molecule has 1 atom stereocenters. The van der Waals surface area contributed by atoms with Crippen LogP contribution in [0.25, 0.3) is 0 Å². The van der Waals surface area contributed by atoms with Crippen molar-refractivity contribution in [2.75, 3.05) is 19.6 Å². The van der Waals surface area contributed by atoms with Crippen LogP contribution in [0.5, 0.6) is 0 Å². The van der Waals surface area contributed by atoms with Crippen LogP contribution in [0.3, 0.4) is 0 Å². The first-order valence-electron chi connectivity index (χ1n) is 7.38. The van der Waals surface area contributed by atoms with Gasteiger partial charge in [-0.05, 0) is 18.4 Å². The number of hydrogen-bond donors (Lipinski definition) is 3. The van der Waals surface area contributed by atoms with Gasteiger partial charge in [0.1, 0.15) is 0 Å². The van der Waals surface area contributed by atoms with E-state index in [2.05, 4.69) is 24.1 Å². The lowest BCUT2D eigenvalue weighted by atomic mass is 10.0. The maximum absolute atomic E-state index is 12.8. The lowest BCUT2D eigenvalue weighted by Gasteiger charge is -2.36. The summed E-state index contributed by atoms with van der Waals surface area (Å²) in [6, 6.07) is 0.307. The van der Waals surface area contributed by atoms with Crippen molar-refractivity contribution >= 4 is 11.8 Å². The third-order valence-corrected chi connectivity index (χ3v) is 4.02. The predicted molar refractivity (Wildman–Crippen MR) is 81.0 cm³/mol. The highest BCUT2D eigenvalue weighted by Gasteiger charge is 2.28. The molecule has 6 nitrogen and oxygen atoms in total. The summed E-state index contributed by atoms with van der Waals surface area (Å²) in [5.41, 5.74) is 7.32. The van der Waals surface area contributed by atoms with Crippen LogP contribution in [-0.4, -0.2) is 47.4 Å². The summed E-state index contributed by atoms with van der Waals surface area (Å²) in [7, 11) is 0. The molecule has 0 aliphatic carbocycles. The minimum atomic E-state index is -0.439. The van der Waals surface area contributed by atoms with Crippen LogP contribution in [0.2, 0.25) is 0 Å². The molecule has 0 bridgehead atoms. The molecule has 0 saturated carbocycles. The lowest BCUT2D eigenvalue weighted by molar-refractivity contribution is -0.117. The molecule has 2 rings (SSSR count). The number of primary amides is 1. The predicted octanol–water partition coefficient (Wildman–Crippen LogP) is 0.421. The molecule has 1 aliphatic heterocycles. The molecule has 0 radical (unpaired) electrons. The first-order valence-corrected chi connectivity index (χ1v) is 7.38. The van der Waals surface area contributed by atoms with Gasteiger partial charge in [-0.2, -0.15) is 0 Å². The quantitative estimate of drug-likeness (QED) is 0.751. The largest absolute Gasteiger partial charge is 0.369 e. The Hall–Kier alpha value is -1.82. The maximum Gasteiger partial charge on any atom is 0.256 e. The molecule has 1 saturated heterocycles. The third kappa shape index (κ3) is 3.44. The fraction of sp³-hybridized carbons (Fsp3) is 0.600. The highest BCUT2D eigenvalue weighted by molar-refractivity contribution is 5.98. The molecular formula is C15H24N4O2. The zero-order chi connectivity index (χ0) is 15.6. The number of H-pyrrole nitrogens is 1. The number of aryl methyl sites for hydroxylation is 1. The van der Waals surface area contributed by atoms with E-state index in [-0.39, 0.29) is 12.3 Å². The number of piperazine rings is 1.